The number of nitro groups is 1. The van der Waals surface area contributed by atoms with Crippen LogP contribution in [-0.4, -0.2) is 28.9 Å². The van der Waals surface area contributed by atoms with Gasteiger partial charge in [0.05, 0.1) is 15.5 Å². The number of nitrogen functional groups attached to an aromatic ring is 1. The van der Waals surface area contributed by atoms with E-state index in [1.807, 2.05) is 0 Å². The third-order valence-corrected chi connectivity index (χ3v) is 3.65. The van der Waals surface area contributed by atoms with Crippen molar-refractivity contribution in [2.45, 2.75) is 6.18 Å². The van der Waals surface area contributed by atoms with Gasteiger partial charge in [-0.15, -0.1) is 0 Å². The Kier molecular flexibility index (Phi) is 6.05. The van der Waals surface area contributed by atoms with Crippen LogP contribution in [0, 0.1) is 10.1 Å². The minimum Gasteiger partial charge on any atom is -0.393 e. The lowest BCUT2D eigenvalue weighted by atomic mass is 10.1. The molecular weight excluding hydrogens is 391 g/mol. The second-order valence-electron chi connectivity index (χ2n) is 5.27. The van der Waals surface area contributed by atoms with Gasteiger partial charge in [0.2, 0.25) is 0 Å². The molecule has 4 N–H and O–H groups in total. The van der Waals surface area contributed by atoms with E-state index in [2.05, 4.69) is 15.6 Å². The summed E-state index contributed by atoms with van der Waals surface area (Å²) in [5.41, 5.74) is 4.07. The first kappa shape index (κ1) is 20.2. The predicted molar refractivity (Wildman–Crippen MR) is 92.6 cm³/mol. The first-order chi connectivity index (χ1) is 12.6. The van der Waals surface area contributed by atoms with Crippen LogP contribution in [0.15, 0.2) is 30.5 Å². The molecule has 0 aliphatic heterocycles. The third-order valence-electron chi connectivity index (χ3n) is 3.36. The van der Waals surface area contributed by atoms with Crippen molar-refractivity contribution in [3.05, 3.63) is 56.7 Å². The summed E-state index contributed by atoms with van der Waals surface area (Å²) in [4.78, 5) is 25.7. The van der Waals surface area contributed by atoms with E-state index in [1.165, 1.54) is 12.1 Å². The number of pyridine rings is 1. The summed E-state index contributed by atoms with van der Waals surface area (Å²) in [5.74, 6) is -0.548. The number of halogens is 4. The summed E-state index contributed by atoms with van der Waals surface area (Å²) >= 11 is 5.75. The van der Waals surface area contributed by atoms with Crippen molar-refractivity contribution in [3.63, 3.8) is 0 Å². The Morgan fingerprint density at radius 1 is 1.30 bits per heavy atom. The molecule has 1 aromatic heterocycles. The molecule has 0 saturated carbocycles. The number of carbonyl (C=O) groups excluding carboxylic acids is 1. The molecule has 144 valence electrons. The Labute approximate surface area is 155 Å². The maximum atomic E-state index is 12.5. The molecule has 1 heterocycles. The van der Waals surface area contributed by atoms with Crippen molar-refractivity contribution in [3.8, 4) is 0 Å². The van der Waals surface area contributed by atoms with E-state index in [0.29, 0.717) is 6.20 Å². The summed E-state index contributed by atoms with van der Waals surface area (Å²) in [7, 11) is 0. The highest BCUT2D eigenvalue weighted by Gasteiger charge is 2.31. The minimum absolute atomic E-state index is 0.0297. The number of hydrogen-bond donors (Lipinski definition) is 3. The zero-order valence-electron chi connectivity index (χ0n) is 13.5. The second kappa shape index (κ2) is 8.08. The summed E-state index contributed by atoms with van der Waals surface area (Å²) in [6.07, 6.45) is -3.91. The predicted octanol–water partition coefficient (Wildman–Crippen LogP) is 3.09. The van der Waals surface area contributed by atoms with Crippen LogP contribution in [0.25, 0.3) is 0 Å². The van der Waals surface area contributed by atoms with E-state index in [4.69, 9.17) is 17.3 Å². The van der Waals surface area contributed by atoms with Crippen LogP contribution in [-0.2, 0) is 6.18 Å². The number of nitrogens with one attached hydrogen (secondary N) is 2. The zero-order valence-corrected chi connectivity index (χ0v) is 14.3. The molecule has 1 aromatic carbocycles. The molecule has 0 saturated heterocycles. The summed E-state index contributed by atoms with van der Waals surface area (Å²) < 4.78 is 37.6. The number of benzene rings is 1. The average molecular weight is 404 g/mol. The van der Waals surface area contributed by atoms with E-state index in [0.717, 1.165) is 12.1 Å². The largest absolute Gasteiger partial charge is 0.417 e. The van der Waals surface area contributed by atoms with E-state index in [-0.39, 0.29) is 40.9 Å². The lowest BCUT2D eigenvalue weighted by Gasteiger charge is -2.11. The standard InChI is InChI=1S/C15H13ClF3N5O3/c16-10-6-9(15(17,18)19)7-23-13(10)21-3-4-22-14(25)8-1-2-11(20)12(5-8)24(26)27/h1-2,5-7H,3-4,20H2,(H,21,23)(H,22,25). The topological polar surface area (TPSA) is 123 Å². The van der Waals surface area contributed by atoms with Gasteiger partial charge in [-0.1, -0.05) is 11.6 Å². The van der Waals surface area contributed by atoms with Crippen LogP contribution < -0.4 is 16.4 Å². The summed E-state index contributed by atoms with van der Waals surface area (Å²) in [5, 5.41) is 15.8. The van der Waals surface area contributed by atoms with Gasteiger partial charge in [0.15, 0.2) is 0 Å². The zero-order chi connectivity index (χ0) is 20.2. The average Bonchev–Trinajstić information content (AvgIpc) is 2.58. The quantitative estimate of drug-likeness (QED) is 0.295. The van der Waals surface area contributed by atoms with E-state index < -0.39 is 22.6 Å². The van der Waals surface area contributed by atoms with E-state index in [1.54, 1.807) is 0 Å². The molecule has 0 radical (unpaired) electrons. The number of nitro benzene ring substituents is 1. The van der Waals surface area contributed by atoms with Gasteiger partial charge in [0.25, 0.3) is 11.6 Å². The number of anilines is 2. The van der Waals surface area contributed by atoms with Crippen molar-refractivity contribution in [2.75, 3.05) is 24.1 Å². The molecule has 0 aliphatic rings. The number of alkyl halides is 3. The lowest BCUT2D eigenvalue weighted by Crippen LogP contribution is -2.29. The van der Waals surface area contributed by atoms with Gasteiger partial charge in [-0.2, -0.15) is 13.2 Å². The maximum absolute atomic E-state index is 12.5. The molecule has 12 heteroatoms. The van der Waals surface area contributed by atoms with E-state index >= 15 is 0 Å². The molecule has 2 rings (SSSR count). The fraction of sp³-hybridized carbons (Fsp3) is 0.200. The molecule has 0 aliphatic carbocycles. The molecule has 27 heavy (non-hydrogen) atoms. The second-order valence-corrected chi connectivity index (χ2v) is 5.67. The lowest BCUT2D eigenvalue weighted by molar-refractivity contribution is -0.383. The van der Waals surface area contributed by atoms with Gasteiger partial charge >= 0.3 is 6.18 Å². The molecule has 0 unspecified atom stereocenters. The number of amides is 1. The minimum atomic E-state index is -4.55. The molecule has 8 nitrogen and oxygen atoms in total. The van der Waals surface area contributed by atoms with Crippen LogP contribution in [0.1, 0.15) is 15.9 Å². The van der Waals surface area contributed by atoms with Gasteiger partial charge < -0.3 is 16.4 Å². The summed E-state index contributed by atoms with van der Waals surface area (Å²) in [6, 6.07) is 4.37. The first-order valence-corrected chi connectivity index (χ1v) is 7.76. The monoisotopic (exact) mass is 403 g/mol. The maximum Gasteiger partial charge on any atom is 0.417 e. The van der Waals surface area contributed by atoms with Crippen LogP contribution in [0.4, 0.5) is 30.4 Å². The fourth-order valence-corrected chi connectivity index (χ4v) is 2.26. The van der Waals surface area contributed by atoms with Crippen LogP contribution >= 0.6 is 11.6 Å². The highest BCUT2D eigenvalue weighted by atomic mass is 35.5. The highest BCUT2D eigenvalue weighted by molar-refractivity contribution is 6.32. The highest BCUT2D eigenvalue weighted by Crippen LogP contribution is 2.32. The molecule has 0 spiro atoms. The first-order valence-electron chi connectivity index (χ1n) is 7.38. The number of aromatic nitrogens is 1. The number of rotatable bonds is 6. The normalized spacial score (nSPS) is 11.1. The molecule has 0 atom stereocenters. The molecule has 2 aromatic rings. The molecule has 1 amide bonds. The molecule has 0 fully saturated rings. The smallest absolute Gasteiger partial charge is 0.393 e. The van der Waals surface area contributed by atoms with Gasteiger partial charge in [0.1, 0.15) is 11.5 Å². The Morgan fingerprint density at radius 3 is 2.59 bits per heavy atom. The van der Waals surface area contributed by atoms with Crippen LogP contribution in [0.5, 0.6) is 0 Å². The van der Waals surface area contributed by atoms with E-state index in [9.17, 15) is 28.1 Å². The van der Waals surface area contributed by atoms with Gasteiger partial charge in [-0.3, -0.25) is 14.9 Å². The Morgan fingerprint density at radius 2 is 2.00 bits per heavy atom. The Hall–Kier alpha value is -3.08. The van der Waals surface area contributed by atoms with Crippen LogP contribution in [0.2, 0.25) is 5.02 Å². The number of nitrogens with zero attached hydrogens (tertiary/aromatic N) is 2. The number of carbonyl (C=O) groups is 1. The van der Waals surface area contributed by atoms with Crippen molar-refractivity contribution >= 4 is 34.7 Å². The SMILES string of the molecule is Nc1ccc(C(=O)NCCNc2ncc(C(F)(F)F)cc2Cl)cc1[N+](=O)[O-]. The van der Waals surface area contributed by atoms with Crippen molar-refractivity contribution < 1.29 is 22.9 Å². The van der Waals surface area contributed by atoms with Crippen molar-refractivity contribution in [1.29, 1.82) is 0 Å². The Balaban J connectivity index is 1.91. The Bertz CT molecular complexity index is 876. The molecule has 0 bridgehead atoms. The fourth-order valence-electron chi connectivity index (χ4n) is 2.03. The number of nitrogens with two attached hydrogens (primary N) is 1. The van der Waals surface area contributed by atoms with Gasteiger partial charge in [-0.25, -0.2) is 4.98 Å². The van der Waals surface area contributed by atoms with Gasteiger partial charge in [0, 0.05) is 30.9 Å². The molecular formula is C15H13ClF3N5O3. The third kappa shape index (κ3) is 5.20. The number of hydrogen-bond acceptors (Lipinski definition) is 6. The van der Waals surface area contributed by atoms with Crippen molar-refractivity contribution in [2.24, 2.45) is 0 Å². The van der Waals surface area contributed by atoms with Crippen LogP contribution in [0.3, 0.4) is 0 Å². The summed E-state index contributed by atoms with van der Waals surface area (Å²) in [6.45, 7) is 0.178. The van der Waals surface area contributed by atoms with Crippen molar-refractivity contribution in [1.82, 2.24) is 10.3 Å². The van der Waals surface area contributed by atoms with Gasteiger partial charge in [-0.05, 0) is 18.2 Å².